The summed E-state index contributed by atoms with van der Waals surface area (Å²) in [5.41, 5.74) is -0.156. The van der Waals surface area contributed by atoms with Gasteiger partial charge in [-0.15, -0.1) is 0 Å². The van der Waals surface area contributed by atoms with Gasteiger partial charge in [0.1, 0.15) is 5.82 Å². The average molecular weight is 193 g/mol. The lowest BCUT2D eigenvalue weighted by molar-refractivity contribution is 0.578. The Morgan fingerprint density at radius 3 is 2.86 bits per heavy atom. The molecule has 0 atom stereocenters. The summed E-state index contributed by atoms with van der Waals surface area (Å²) in [5.74, 6) is 1.54. The van der Waals surface area contributed by atoms with Crippen LogP contribution < -0.4 is 10.9 Å². The molecule has 1 aromatic heterocycles. The van der Waals surface area contributed by atoms with Crippen LogP contribution in [0, 0.1) is 5.92 Å². The number of hydrogen-bond donors (Lipinski definition) is 2. The first-order chi connectivity index (χ1) is 6.84. The molecule has 1 saturated carbocycles. The van der Waals surface area contributed by atoms with Crippen molar-refractivity contribution in [3.8, 4) is 0 Å². The van der Waals surface area contributed by atoms with Crippen LogP contribution in [0.3, 0.4) is 0 Å². The van der Waals surface area contributed by atoms with Crippen LogP contribution in [0.15, 0.2) is 16.9 Å². The van der Waals surface area contributed by atoms with E-state index in [2.05, 4.69) is 15.5 Å². The molecule has 0 saturated heterocycles. The molecular weight excluding hydrogens is 178 g/mol. The van der Waals surface area contributed by atoms with Crippen LogP contribution in [0.25, 0.3) is 0 Å². The van der Waals surface area contributed by atoms with Crippen molar-refractivity contribution in [2.24, 2.45) is 5.92 Å². The van der Waals surface area contributed by atoms with Gasteiger partial charge in [-0.3, -0.25) is 4.79 Å². The van der Waals surface area contributed by atoms with Gasteiger partial charge in [-0.2, -0.15) is 5.10 Å². The highest BCUT2D eigenvalue weighted by molar-refractivity contribution is 5.31. The second-order valence-corrected chi connectivity index (χ2v) is 3.84. The van der Waals surface area contributed by atoms with Gasteiger partial charge in [0, 0.05) is 12.6 Å². The van der Waals surface area contributed by atoms with E-state index in [1.165, 1.54) is 31.7 Å². The summed E-state index contributed by atoms with van der Waals surface area (Å²) >= 11 is 0. The summed E-state index contributed by atoms with van der Waals surface area (Å²) < 4.78 is 0. The Balaban J connectivity index is 1.85. The van der Waals surface area contributed by atoms with Crippen molar-refractivity contribution in [1.29, 1.82) is 0 Å². The number of nitrogens with zero attached hydrogens (tertiary/aromatic N) is 1. The van der Waals surface area contributed by atoms with Crippen LogP contribution >= 0.6 is 0 Å². The van der Waals surface area contributed by atoms with Gasteiger partial charge in [-0.25, -0.2) is 5.10 Å². The van der Waals surface area contributed by atoms with E-state index in [-0.39, 0.29) is 5.56 Å². The fraction of sp³-hybridized carbons (Fsp3) is 0.600. The van der Waals surface area contributed by atoms with E-state index >= 15 is 0 Å². The molecular formula is C10H15N3O. The minimum absolute atomic E-state index is 0.156. The maximum Gasteiger partial charge on any atom is 0.264 e. The van der Waals surface area contributed by atoms with Crippen LogP contribution in [0.2, 0.25) is 0 Å². The molecule has 0 spiro atoms. The molecule has 76 valence electrons. The third-order valence-corrected chi connectivity index (χ3v) is 2.73. The predicted octanol–water partition coefficient (Wildman–Crippen LogP) is 1.37. The topological polar surface area (TPSA) is 57.8 Å². The zero-order valence-corrected chi connectivity index (χ0v) is 8.12. The molecule has 1 fully saturated rings. The highest BCUT2D eigenvalue weighted by Crippen LogP contribution is 2.24. The molecule has 0 bridgehead atoms. The first kappa shape index (κ1) is 9.24. The van der Waals surface area contributed by atoms with Gasteiger partial charge in [0.05, 0.1) is 0 Å². The summed E-state index contributed by atoms with van der Waals surface area (Å²) in [6.45, 7) is 0.971. The fourth-order valence-electron chi connectivity index (χ4n) is 1.91. The number of aromatic nitrogens is 2. The Morgan fingerprint density at radius 2 is 2.21 bits per heavy atom. The lowest BCUT2D eigenvalue weighted by atomic mass is 10.1. The predicted molar refractivity (Wildman–Crippen MR) is 55.3 cm³/mol. The van der Waals surface area contributed by atoms with Gasteiger partial charge < -0.3 is 5.32 Å². The van der Waals surface area contributed by atoms with E-state index in [1.54, 1.807) is 6.07 Å². The molecule has 0 unspecified atom stereocenters. The Morgan fingerprint density at radius 1 is 1.43 bits per heavy atom. The summed E-state index contributed by atoms with van der Waals surface area (Å²) in [4.78, 5) is 10.7. The van der Waals surface area contributed by atoms with Crippen LogP contribution in [0.1, 0.15) is 25.7 Å². The zero-order chi connectivity index (χ0) is 9.80. The zero-order valence-electron chi connectivity index (χ0n) is 8.12. The lowest BCUT2D eigenvalue weighted by Gasteiger charge is -2.09. The van der Waals surface area contributed by atoms with Crippen molar-refractivity contribution in [2.75, 3.05) is 11.9 Å². The van der Waals surface area contributed by atoms with E-state index in [9.17, 15) is 4.79 Å². The minimum Gasteiger partial charge on any atom is -0.368 e. The second-order valence-electron chi connectivity index (χ2n) is 3.84. The van der Waals surface area contributed by atoms with E-state index < -0.39 is 0 Å². The second kappa shape index (κ2) is 4.26. The Labute approximate surface area is 82.7 Å². The van der Waals surface area contributed by atoms with Crippen molar-refractivity contribution < 1.29 is 0 Å². The molecule has 0 amide bonds. The summed E-state index contributed by atoms with van der Waals surface area (Å²) in [7, 11) is 0. The average Bonchev–Trinajstić information content (AvgIpc) is 2.70. The van der Waals surface area contributed by atoms with Gasteiger partial charge in [-0.1, -0.05) is 12.8 Å². The molecule has 0 aromatic carbocycles. The van der Waals surface area contributed by atoms with E-state index in [0.717, 1.165) is 18.3 Å². The summed E-state index contributed by atoms with van der Waals surface area (Å²) in [5, 5.41) is 9.53. The summed E-state index contributed by atoms with van der Waals surface area (Å²) in [6.07, 6.45) is 5.34. The van der Waals surface area contributed by atoms with Crippen LogP contribution in [0.4, 0.5) is 5.82 Å². The molecule has 1 aromatic rings. The maximum atomic E-state index is 10.7. The number of hydrogen-bond acceptors (Lipinski definition) is 3. The molecule has 0 radical (unpaired) electrons. The molecule has 2 rings (SSSR count). The number of anilines is 1. The van der Waals surface area contributed by atoms with Crippen molar-refractivity contribution in [3.63, 3.8) is 0 Å². The highest BCUT2D eigenvalue weighted by atomic mass is 16.1. The first-order valence-electron chi connectivity index (χ1n) is 5.14. The Bertz CT molecular complexity index is 321. The third-order valence-electron chi connectivity index (χ3n) is 2.73. The molecule has 1 aliphatic carbocycles. The van der Waals surface area contributed by atoms with Gasteiger partial charge in [-0.05, 0) is 24.8 Å². The van der Waals surface area contributed by atoms with Crippen LogP contribution in [0.5, 0.6) is 0 Å². The fourth-order valence-corrected chi connectivity index (χ4v) is 1.91. The van der Waals surface area contributed by atoms with Gasteiger partial charge in [0.25, 0.3) is 5.56 Å². The normalized spacial score (nSPS) is 17.1. The van der Waals surface area contributed by atoms with Gasteiger partial charge in [0.2, 0.25) is 0 Å². The van der Waals surface area contributed by atoms with Crippen molar-refractivity contribution in [3.05, 3.63) is 22.5 Å². The summed E-state index contributed by atoms with van der Waals surface area (Å²) in [6, 6.07) is 3.21. The monoisotopic (exact) mass is 193 g/mol. The van der Waals surface area contributed by atoms with Gasteiger partial charge >= 0.3 is 0 Å². The molecule has 2 N–H and O–H groups in total. The van der Waals surface area contributed by atoms with Crippen molar-refractivity contribution in [2.45, 2.75) is 25.7 Å². The number of aromatic amines is 1. The smallest absolute Gasteiger partial charge is 0.264 e. The first-order valence-corrected chi connectivity index (χ1v) is 5.14. The van der Waals surface area contributed by atoms with Crippen LogP contribution in [-0.2, 0) is 0 Å². The quantitative estimate of drug-likeness (QED) is 0.762. The van der Waals surface area contributed by atoms with Crippen molar-refractivity contribution >= 4 is 5.82 Å². The van der Waals surface area contributed by atoms with E-state index in [4.69, 9.17) is 0 Å². The Kier molecular flexibility index (Phi) is 2.81. The largest absolute Gasteiger partial charge is 0.368 e. The SMILES string of the molecule is O=c1ccc(NCC2CCCC2)n[nH]1. The lowest BCUT2D eigenvalue weighted by Crippen LogP contribution is -2.14. The van der Waals surface area contributed by atoms with Gasteiger partial charge in [0.15, 0.2) is 0 Å². The Hall–Kier alpha value is -1.32. The number of nitrogens with one attached hydrogen (secondary N) is 2. The number of H-pyrrole nitrogens is 1. The van der Waals surface area contributed by atoms with E-state index in [1.807, 2.05) is 0 Å². The maximum absolute atomic E-state index is 10.7. The van der Waals surface area contributed by atoms with Crippen molar-refractivity contribution in [1.82, 2.24) is 10.2 Å². The molecule has 4 heteroatoms. The molecule has 1 heterocycles. The third kappa shape index (κ3) is 2.34. The molecule has 14 heavy (non-hydrogen) atoms. The number of rotatable bonds is 3. The molecule has 1 aliphatic rings. The van der Waals surface area contributed by atoms with Crippen LogP contribution in [-0.4, -0.2) is 16.7 Å². The highest BCUT2D eigenvalue weighted by Gasteiger charge is 2.14. The standard InChI is InChI=1S/C10H15N3O/c14-10-6-5-9(12-13-10)11-7-8-3-1-2-4-8/h5-6,8H,1-4,7H2,(H,11,12)(H,13,14). The molecule has 0 aliphatic heterocycles. The molecule has 4 nitrogen and oxygen atoms in total. The minimum atomic E-state index is -0.156. The van der Waals surface area contributed by atoms with E-state index in [0.29, 0.717) is 0 Å².